The fourth-order valence-corrected chi connectivity index (χ4v) is 4.60. The van der Waals surface area contributed by atoms with Crippen molar-refractivity contribution in [2.45, 2.75) is 63.5 Å². The summed E-state index contributed by atoms with van der Waals surface area (Å²) < 4.78 is 97.2. The topological polar surface area (TPSA) is 166 Å². The highest BCUT2D eigenvalue weighted by Gasteiger charge is 2.45. The SMILES string of the molecule is CC(=O)N1[C@H](Cn2cccn2)C[C@@H]2CN(Cc3cccnc3)CC[C@@H]21.O=C(O)C(F)(F)F.O=C(O)C(F)(F)F.O=C(O)C(F)(F)F. The molecule has 0 radical (unpaired) electrons. The molecule has 0 unspecified atom stereocenters. The van der Waals surface area contributed by atoms with E-state index in [9.17, 15) is 44.3 Å². The van der Waals surface area contributed by atoms with E-state index in [1.54, 1.807) is 13.1 Å². The molecule has 4 rings (SSSR count). The zero-order valence-electron chi connectivity index (χ0n) is 23.6. The van der Waals surface area contributed by atoms with E-state index in [1.807, 2.05) is 35.4 Å². The molecule has 12 nitrogen and oxygen atoms in total. The lowest BCUT2D eigenvalue weighted by Crippen LogP contribution is -2.48. The summed E-state index contributed by atoms with van der Waals surface area (Å²) in [7, 11) is 0. The van der Waals surface area contributed by atoms with Crippen molar-refractivity contribution >= 4 is 23.8 Å². The summed E-state index contributed by atoms with van der Waals surface area (Å²) in [6.45, 7) is 5.54. The molecular weight excluding hydrogens is 653 g/mol. The number of pyridine rings is 1. The first-order valence-corrected chi connectivity index (χ1v) is 12.8. The Morgan fingerprint density at radius 2 is 1.39 bits per heavy atom. The lowest BCUT2D eigenvalue weighted by atomic mass is 9.92. The molecule has 2 aliphatic rings. The summed E-state index contributed by atoms with van der Waals surface area (Å²) in [6.07, 6.45) is -5.58. The molecule has 0 spiro atoms. The van der Waals surface area contributed by atoms with Gasteiger partial charge in [-0.2, -0.15) is 44.6 Å². The van der Waals surface area contributed by atoms with E-state index in [4.69, 9.17) is 29.7 Å². The summed E-state index contributed by atoms with van der Waals surface area (Å²) in [5.41, 5.74) is 1.26. The Kier molecular flexibility index (Phi) is 14.4. The van der Waals surface area contributed by atoms with Crippen LogP contribution in [0.5, 0.6) is 0 Å². The molecule has 4 heterocycles. The number of aromatic nitrogens is 3. The minimum Gasteiger partial charge on any atom is -0.475 e. The number of alkyl halides is 9. The molecule has 21 heteroatoms. The number of hydrogen-bond donors (Lipinski definition) is 3. The third-order valence-corrected chi connectivity index (χ3v) is 6.28. The van der Waals surface area contributed by atoms with Gasteiger partial charge in [-0.25, -0.2) is 14.4 Å². The summed E-state index contributed by atoms with van der Waals surface area (Å²) >= 11 is 0. The first kappa shape index (κ1) is 39.6. The lowest BCUT2D eigenvalue weighted by Gasteiger charge is -2.38. The molecule has 1 amide bonds. The maximum absolute atomic E-state index is 12.3. The third-order valence-electron chi connectivity index (χ3n) is 6.28. The van der Waals surface area contributed by atoms with E-state index in [0.717, 1.165) is 39.0 Å². The third kappa shape index (κ3) is 13.7. The molecule has 0 saturated carbocycles. The van der Waals surface area contributed by atoms with Crippen LogP contribution in [-0.4, -0.2) is 107 Å². The predicted octanol–water partition coefficient (Wildman–Crippen LogP) is 3.69. The minimum absolute atomic E-state index is 0.199. The van der Waals surface area contributed by atoms with Gasteiger partial charge in [0.1, 0.15) is 0 Å². The molecule has 0 aromatic carbocycles. The van der Waals surface area contributed by atoms with Gasteiger partial charge in [-0.1, -0.05) is 6.07 Å². The number of rotatable bonds is 4. The molecule has 258 valence electrons. The molecule has 2 aliphatic heterocycles. The highest BCUT2D eigenvalue weighted by molar-refractivity contribution is 5.75. The molecular formula is C25H28F9N5O7. The Morgan fingerprint density at radius 3 is 1.78 bits per heavy atom. The van der Waals surface area contributed by atoms with Crippen molar-refractivity contribution in [1.82, 2.24) is 24.6 Å². The second-order valence-corrected chi connectivity index (χ2v) is 9.67. The largest absolute Gasteiger partial charge is 0.490 e. The summed E-state index contributed by atoms with van der Waals surface area (Å²) in [4.78, 5) is 47.8. The van der Waals surface area contributed by atoms with Crippen molar-refractivity contribution in [2.24, 2.45) is 5.92 Å². The zero-order valence-corrected chi connectivity index (χ0v) is 23.6. The number of carbonyl (C=O) groups excluding carboxylic acids is 1. The lowest BCUT2D eigenvalue weighted by molar-refractivity contribution is -0.193. The molecule has 2 fully saturated rings. The number of aliphatic carboxylic acids is 3. The Labute approximate surface area is 254 Å². The molecule has 46 heavy (non-hydrogen) atoms. The van der Waals surface area contributed by atoms with Crippen LogP contribution in [0.4, 0.5) is 39.5 Å². The number of nitrogens with zero attached hydrogens (tertiary/aromatic N) is 5. The maximum atomic E-state index is 12.3. The van der Waals surface area contributed by atoms with Crippen LogP contribution in [0.2, 0.25) is 0 Å². The van der Waals surface area contributed by atoms with E-state index in [0.29, 0.717) is 12.0 Å². The maximum Gasteiger partial charge on any atom is 0.490 e. The molecule has 3 N–H and O–H groups in total. The van der Waals surface area contributed by atoms with Crippen molar-refractivity contribution in [1.29, 1.82) is 0 Å². The predicted molar refractivity (Wildman–Crippen MR) is 136 cm³/mol. The Hall–Kier alpha value is -4.43. The summed E-state index contributed by atoms with van der Waals surface area (Å²) in [6, 6.07) is 6.70. The molecule has 3 atom stereocenters. The fraction of sp³-hybridized carbons (Fsp3) is 0.520. The van der Waals surface area contributed by atoms with Crippen molar-refractivity contribution in [3.05, 3.63) is 48.5 Å². The van der Waals surface area contributed by atoms with Gasteiger partial charge in [0.05, 0.1) is 12.6 Å². The van der Waals surface area contributed by atoms with Gasteiger partial charge in [-0.3, -0.25) is 19.4 Å². The first-order chi connectivity index (χ1) is 21.0. The number of amides is 1. The second kappa shape index (κ2) is 16.8. The van der Waals surface area contributed by atoms with Crippen molar-refractivity contribution in [2.75, 3.05) is 13.1 Å². The first-order valence-electron chi connectivity index (χ1n) is 12.8. The van der Waals surface area contributed by atoms with Gasteiger partial charge in [0.2, 0.25) is 5.91 Å². The number of piperidine rings is 1. The van der Waals surface area contributed by atoms with Gasteiger partial charge in [0, 0.05) is 57.4 Å². The van der Waals surface area contributed by atoms with Gasteiger partial charge >= 0.3 is 36.4 Å². The minimum atomic E-state index is -5.08. The van der Waals surface area contributed by atoms with Gasteiger partial charge in [-0.05, 0) is 36.5 Å². The number of carboxylic acids is 3. The van der Waals surface area contributed by atoms with E-state index in [1.165, 1.54) is 5.56 Å². The zero-order chi connectivity index (χ0) is 35.5. The van der Waals surface area contributed by atoms with E-state index in [2.05, 4.69) is 25.9 Å². The van der Waals surface area contributed by atoms with Crippen LogP contribution in [-0.2, 0) is 32.3 Å². The standard InChI is InChI=1S/C19H25N5O.3C2HF3O2/c1-15(25)24-18(14-23-8-3-7-21-23)10-17-13-22(9-5-19(17)24)12-16-4-2-6-20-11-16;3*3-2(4,5)1(6)7/h2-4,6-8,11,17-19H,5,9-10,12-14H2,1H3;3*(H,6,7)/t17-,18+,19+;;;/m1.../s1. The van der Waals surface area contributed by atoms with E-state index in [-0.39, 0.29) is 11.9 Å². The molecule has 2 aromatic heterocycles. The van der Waals surface area contributed by atoms with Crippen LogP contribution >= 0.6 is 0 Å². The van der Waals surface area contributed by atoms with Crippen LogP contribution in [0.25, 0.3) is 0 Å². The van der Waals surface area contributed by atoms with Crippen LogP contribution in [0.15, 0.2) is 43.0 Å². The van der Waals surface area contributed by atoms with Crippen LogP contribution in [0, 0.1) is 5.92 Å². The highest BCUT2D eigenvalue weighted by atomic mass is 19.4. The quantitative estimate of drug-likeness (QED) is 0.406. The number of likely N-dealkylation sites (tertiary alicyclic amines) is 2. The molecule has 2 saturated heterocycles. The highest BCUT2D eigenvalue weighted by Crippen LogP contribution is 2.36. The molecule has 2 aromatic rings. The average Bonchev–Trinajstić information content (AvgIpc) is 3.56. The van der Waals surface area contributed by atoms with Crippen LogP contribution in [0.1, 0.15) is 25.3 Å². The molecule has 0 bridgehead atoms. The number of carboxylic acid groups (broad SMARTS) is 3. The Balaban J connectivity index is 0.000000413. The van der Waals surface area contributed by atoms with Crippen molar-refractivity contribution < 1.29 is 74.0 Å². The number of hydrogen-bond acceptors (Lipinski definition) is 7. The van der Waals surface area contributed by atoms with E-state index >= 15 is 0 Å². The number of fused-ring (bicyclic) bond motifs is 1. The average molecular weight is 682 g/mol. The Bertz CT molecular complexity index is 1220. The number of carbonyl (C=O) groups is 4. The van der Waals surface area contributed by atoms with Crippen LogP contribution < -0.4 is 0 Å². The number of halogens is 9. The normalized spacial score (nSPS) is 19.6. The van der Waals surface area contributed by atoms with Crippen molar-refractivity contribution in [3.8, 4) is 0 Å². The van der Waals surface area contributed by atoms with Gasteiger partial charge in [0.15, 0.2) is 0 Å². The summed E-state index contributed by atoms with van der Waals surface area (Å²) in [5, 5.41) is 25.7. The van der Waals surface area contributed by atoms with Gasteiger partial charge < -0.3 is 20.2 Å². The smallest absolute Gasteiger partial charge is 0.475 e. The fourth-order valence-electron chi connectivity index (χ4n) is 4.60. The van der Waals surface area contributed by atoms with Gasteiger partial charge in [-0.15, -0.1) is 0 Å². The van der Waals surface area contributed by atoms with Gasteiger partial charge in [0.25, 0.3) is 0 Å². The Morgan fingerprint density at radius 1 is 0.870 bits per heavy atom. The van der Waals surface area contributed by atoms with E-state index < -0.39 is 36.4 Å². The van der Waals surface area contributed by atoms with Crippen LogP contribution in [0.3, 0.4) is 0 Å². The summed E-state index contributed by atoms with van der Waals surface area (Å²) in [5.74, 6) is -7.52. The monoisotopic (exact) mass is 681 g/mol. The van der Waals surface area contributed by atoms with Crippen molar-refractivity contribution in [3.63, 3.8) is 0 Å². The molecule has 0 aliphatic carbocycles. The second-order valence-electron chi connectivity index (χ2n) is 9.67.